The fourth-order valence-electron chi connectivity index (χ4n) is 8.17. The summed E-state index contributed by atoms with van der Waals surface area (Å²) in [5, 5.41) is 0. The van der Waals surface area contributed by atoms with E-state index in [9.17, 15) is 4.79 Å². The number of hydrogen-bond donors (Lipinski definition) is 0. The van der Waals surface area contributed by atoms with Crippen molar-refractivity contribution in [1.29, 1.82) is 0 Å². The topological polar surface area (TPSA) is 44.8 Å². The van der Waals surface area contributed by atoms with Crippen LogP contribution in [-0.4, -0.2) is 49.0 Å². The molecule has 0 radical (unpaired) electrons. The molecule has 0 heterocycles. The van der Waals surface area contributed by atoms with Gasteiger partial charge in [-0.25, -0.2) is 0 Å². The Kier molecular flexibility index (Phi) is 7.20. The maximum Gasteiger partial charge on any atom is 0.184 e. The van der Waals surface area contributed by atoms with Crippen molar-refractivity contribution in [3.63, 3.8) is 0 Å². The molecule has 0 aromatic heterocycles. The lowest BCUT2D eigenvalue weighted by atomic mass is 9.47. The van der Waals surface area contributed by atoms with Crippen LogP contribution in [0.25, 0.3) is 0 Å². The van der Waals surface area contributed by atoms with E-state index in [1.807, 2.05) is 0 Å². The van der Waals surface area contributed by atoms with E-state index in [-0.39, 0.29) is 29.0 Å². The zero-order valence-electron chi connectivity index (χ0n) is 24.4. The maximum atomic E-state index is 14.1. The Labute approximate surface area is 218 Å². The summed E-state index contributed by atoms with van der Waals surface area (Å²) in [4.78, 5) is 14.1. The molecule has 4 aliphatic carbocycles. The number of ketones is 1. The predicted molar refractivity (Wildman–Crippen MR) is 152 cm³/mol. The molecule has 35 heavy (non-hydrogen) atoms. The summed E-state index contributed by atoms with van der Waals surface area (Å²) in [7, 11) is -5.11. The second-order valence-electron chi connectivity index (χ2n) is 15.5. The molecule has 4 rings (SSSR count). The van der Waals surface area contributed by atoms with Crippen LogP contribution < -0.4 is 0 Å². The monoisotopic (exact) mass is 536 g/mol. The third-order valence-corrected chi connectivity index (χ3v) is 12.2. The highest BCUT2D eigenvalue weighted by Gasteiger charge is 2.65. The lowest BCUT2D eigenvalue weighted by Gasteiger charge is -2.57. The quantitative estimate of drug-likeness (QED) is 0.262. The van der Waals surface area contributed by atoms with Gasteiger partial charge in [-0.3, -0.25) is 4.79 Å². The Hall–Kier alpha value is -0.0594. The smallest absolute Gasteiger partial charge is 0.184 e. The van der Waals surface area contributed by atoms with Crippen molar-refractivity contribution in [1.82, 2.24) is 0 Å². The van der Waals surface area contributed by atoms with E-state index in [1.165, 1.54) is 5.57 Å². The molecule has 3 unspecified atom stereocenters. The second kappa shape index (κ2) is 9.01. The van der Waals surface area contributed by atoms with Crippen LogP contribution in [0.1, 0.15) is 52.4 Å². The molecule has 0 aliphatic heterocycles. The molecule has 0 bridgehead atoms. The molecule has 3 fully saturated rings. The molecule has 7 heteroatoms. The normalized spacial score (nSPS) is 42.3. The largest absolute Gasteiger partial charge is 0.414 e. The molecule has 0 N–H and O–H groups in total. The highest BCUT2D eigenvalue weighted by Crippen LogP contribution is 2.65. The summed E-state index contributed by atoms with van der Waals surface area (Å²) in [5.41, 5.74) is 1.38. The van der Waals surface area contributed by atoms with Gasteiger partial charge in [0.2, 0.25) is 0 Å². The first-order valence-electron chi connectivity index (χ1n) is 14.1. The lowest BCUT2D eigenvalue weighted by Crippen LogP contribution is -2.57. The van der Waals surface area contributed by atoms with E-state index >= 15 is 0 Å². The van der Waals surface area contributed by atoms with Crippen LogP contribution in [0.2, 0.25) is 58.9 Å². The van der Waals surface area contributed by atoms with Crippen LogP contribution in [0.3, 0.4) is 0 Å². The van der Waals surface area contributed by atoms with E-state index in [1.54, 1.807) is 0 Å². The van der Waals surface area contributed by atoms with Crippen molar-refractivity contribution in [2.24, 2.45) is 28.6 Å². The van der Waals surface area contributed by atoms with Crippen LogP contribution in [0.4, 0.5) is 0 Å². The first-order valence-corrected chi connectivity index (χ1v) is 24.3. The highest BCUT2D eigenvalue weighted by molar-refractivity contribution is 6.70. The molecule has 0 spiro atoms. The van der Waals surface area contributed by atoms with Crippen LogP contribution in [0.15, 0.2) is 11.6 Å². The van der Waals surface area contributed by atoms with E-state index in [4.69, 9.17) is 13.3 Å². The molecule has 3 saturated carbocycles. The zero-order chi connectivity index (χ0) is 26.2. The van der Waals surface area contributed by atoms with Crippen molar-refractivity contribution < 1.29 is 18.1 Å². The fraction of sp³-hybridized carbons (Fsp3) is 0.893. The van der Waals surface area contributed by atoms with E-state index in [0.29, 0.717) is 30.1 Å². The Morgan fingerprint density at radius 1 is 0.886 bits per heavy atom. The fourth-order valence-corrected chi connectivity index (χ4v) is 11.7. The maximum absolute atomic E-state index is 14.1. The highest BCUT2D eigenvalue weighted by atomic mass is 28.4. The summed E-state index contributed by atoms with van der Waals surface area (Å²) in [6, 6.07) is 0. The molecule has 8 atom stereocenters. The molecule has 0 saturated heterocycles. The second-order valence-corrected chi connectivity index (χ2v) is 28.9. The van der Waals surface area contributed by atoms with Crippen molar-refractivity contribution in [3.05, 3.63) is 11.6 Å². The van der Waals surface area contributed by atoms with Gasteiger partial charge in [0.1, 0.15) is 5.78 Å². The van der Waals surface area contributed by atoms with Gasteiger partial charge in [-0.15, -0.1) is 0 Å². The van der Waals surface area contributed by atoms with Crippen LogP contribution >= 0.6 is 0 Å². The standard InChI is InChI=1S/C28H52O4Si3/c1-27-15-14-20(30-33(3,4)5)16-19(27)12-13-21-22-17-24(31-34(6,7)8)26(32-35(9,10)11)28(22,2)18-23(29)25(21)27/h12,20-22,24-26H,13-18H2,1-11H3/t20-,21?,22?,24+,25?,26-,27-,28-/m0/s1. The first kappa shape index (κ1) is 28.0. The number of Topliss-reactive ketones (excluding diaryl/α,β-unsaturated/α-hetero) is 1. The van der Waals surface area contributed by atoms with Gasteiger partial charge in [-0.1, -0.05) is 25.5 Å². The van der Waals surface area contributed by atoms with Gasteiger partial charge in [0, 0.05) is 23.9 Å². The third kappa shape index (κ3) is 5.56. The third-order valence-electron chi connectivity index (χ3n) is 9.16. The average Bonchev–Trinajstić information content (AvgIpc) is 2.89. The van der Waals surface area contributed by atoms with Gasteiger partial charge in [0.15, 0.2) is 25.0 Å². The number of rotatable bonds is 6. The molecule has 4 aliphatic rings. The van der Waals surface area contributed by atoms with Crippen LogP contribution in [0, 0.1) is 28.6 Å². The molecule has 0 amide bonds. The molecule has 200 valence electrons. The van der Waals surface area contributed by atoms with Crippen molar-refractivity contribution >= 4 is 30.7 Å². The van der Waals surface area contributed by atoms with Crippen molar-refractivity contribution in [2.45, 2.75) is 130 Å². The summed E-state index contributed by atoms with van der Waals surface area (Å²) in [6.45, 7) is 25.3. The van der Waals surface area contributed by atoms with Crippen LogP contribution in [-0.2, 0) is 18.1 Å². The zero-order valence-corrected chi connectivity index (χ0v) is 27.4. The number of allylic oxidation sites excluding steroid dienone is 1. The van der Waals surface area contributed by atoms with Crippen molar-refractivity contribution in [3.8, 4) is 0 Å². The molecular weight excluding hydrogens is 485 g/mol. The average molecular weight is 537 g/mol. The summed E-state index contributed by atoms with van der Waals surface area (Å²) in [5.74, 6) is 1.53. The number of hydrogen-bond acceptors (Lipinski definition) is 4. The van der Waals surface area contributed by atoms with E-state index in [0.717, 1.165) is 32.1 Å². The number of fused-ring (bicyclic) bond motifs is 5. The molecule has 0 aromatic carbocycles. The van der Waals surface area contributed by atoms with Gasteiger partial charge >= 0.3 is 0 Å². The van der Waals surface area contributed by atoms with Gasteiger partial charge in [-0.2, -0.15) is 0 Å². The molecule has 0 aromatic rings. The van der Waals surface area contributed by atoms with Gasteiger partial charge < -0.3 is 13.3 Å². The van der Waals surface area contributed by atoms with E-state index in [2.05, 4.69) is 78.8 Å². The summed E-state index contributed by atoms with van der Waals surface area (Å²) < 4.78 is 20.3. The minimum Gasteiger partial charge on any atom is -0.414 e. The Bertz CT molecular complexity index is 867. The number of carbonyl (C=O) groups excluding carboxylic acids is 1. The van der Waals surface area contributed by atoms with Gasteiger partial charge in [0.05, 0.1) is 12.2 Å². The first-order chi connectivity index (χ1) is 15.8. The van der Waals surface area contributed by atoms with Gasteiger partial charge in [0.25, 0.3) is 0 Å². The SMILES string of the molecule is C[C@]12CC[C@H](O[Si](C)(C)C)CC1=CCC1C2C(=O)C[C@@]2(C)C1C[C@@H](O[Si](C)(C)C)[C@@H]2O[Si](C)(C)C. The summed E-state index contributed by atoms with van der Waals surface area (Å²) in [6.07, 6.45) is 8.92. The molecule has 4 nitrogen and oxygen atoms in total. The minimum atomic E-state index is -1.80. The Balaban J connectivity index is 1.65. The van der Waals surface area contributed by atoms with Crippen molar-refractivity contribution in [2.75, 3.05) is 0 Å². The van der Waals surface area contributed by atoms with Gasteiger partial charge in [-0.05, 0) is 108 Å². The van der Waals surface area contributed by atoms with Crippen LogP contribution in [0.5, 0.6) is 0 Å². The number of carbonyl (C=O) groups is 1. The minimum absolute atomic E-state index is 0.00647. The summed E-state index contributed by atoms with van der Waals surface area (Å²) >= 11 is 0. The lowest BCUT2D eigenvalue weighted by molar-refractivity contribution is -0.147. The predicted octanol–water partition coefficient (Wildman–Crippen LogP) is 7.40. The van der Waals surface area contributed by atoms with E-state index < -0.39 is 25.0 Å². The Morgan fingerprint density at radius 3 is 2.06 bits per heavy atom. The Morgan fingerprint density at radius 2 is 1.49 bits per heavy atom. The molecular formula is C28H52O4Si3.